The minimum absolute atomic E-state index is 0.225. The van der Waals surface area contributed by atoms with Crippen molar-refractivity contribution in [2.45, 2.75) is 45.3 Å². The summed E-state index contributed by atoms with van der Waals surface area (Å²) < 4.78 is 14.2. The summed E-state index contributed by atoms with van der Waals surface area (Å²) in [6.07, 6.45) is 2.67. The molecular formula is C17H24ClFN2. The SMILES string of the molecule is CC(C)C1CNC(C2CC2)CN1Cc1cccc(Cl)c1F. The number of benzene rings is 1. The van der Waals surface area contributed by atoms with Crippen LogP contribution in [0.2, 0.25) is 5.02 Å². The molecule has 1 aliphatic heterocycles. The molecule has 1 heterocycles. The highest BCUT2D eigenvalue weighted by Crippen LogP contribution is 2.35. The summed E-state index contributed by atoms with van der Waals surface area (Å²) in [7, 11) is 0. The zero-order valence-electron chi connectivity index (χ0n) is 12.8. The highest BCUT2D eigenvalue weighted by atomic mass is 35.5. The van der Waals surface area contributed by atoms with E-state index in [9.17, 15) is 4.39 Å². The van der Waals surface area contributed by atoms with E-state index < -0.39 is 0 Å². The molecule has 2 nitrogen and oxygen atoms in total. The third-order valence-corrected chi connectivity index (χ3v) is 5.15. The summed E-state index contributed by atoms with van der Waals surface area (Å²) >= 11 is 5.91. The summed E-state index contributed by atoms with van der Waals surface area (Å²) in [5.41, 5.74) is 0.713. The zero-order chi connectivity index (χ0) is 15.0. The van der Waals surface area contributed by atoms with Gasteiger partial charge in [0.05, 0.1) is 5.02 Å². The van der Waals surface area contributed by atoms with Crippen LogP contribution in [0.5, 0.6) is 0 Å². The van der Waals surface area contributed by atoms with Crippen molar-refractivity contribution in [1.82, 2.24) is 10.2 Å². The van der Waals surface area contributed by atoms with Gasteiger partial charge in [-0.05, 0) is 30.7 Å². The number of hydrogen-bond donors (Lipinski definition) is 1. The molecule has 0 spiro atoms. The van der Waals surface area contributed by atoms with Crippen molar-refractivity contribution in [1.29, 1.82) is 0 Å². The summed E-state index contributed by atoms with van der Waals surface area (Å²) in [5.74, 6) is 1.12. The Kier molecular flexibility index (Phi) is 4.53. The van der Waals surface area contributed by atoms with Crippen LogP contribution in [-0.4, -0.2) is 30.1 Å². The van der Waals surface area contributed by atoms with E-state index in [1.54, 1.807) is 6.07 Å². The first-order valence-corrected chi connectivity index (χ1v) is 8.34. The Balaban J connectivity index is 1.76. The maximum absolute atomic E-state index is 14.2. The highest BCUT2D eigenvalue weighted by molar-refractivity contribution is 6.30. The van der Waals surface area contributed by atoms with Crippen molar-refractivity contribution in [3.05, 3.63) is 34.6 Å². The average Bonchev–Trinajstić information content (AvgIpc) is 3.28. The Morgan fingerprint density at radius 3 is 2.81 bits per heavy atom. The largest absolute Gasteiger partial charge is 0.311 e. The maximum atomic E-state index is 14.2. The monoisotopic (exact) mass is 310 g/mol. The quantitative estimate of drug-likeness (QED) is 0.912. The van der Waals surface area contributed by atoms with E-state index >= 15 is 0 Å². The Labute approximate surface area is 131 Å². The molecule has 1 aromatic rings. The van der Waals surface area contributed by atoms with Gasteiger partial charge in [-0.3, -0.25) is 4.90 Å². The molecule has 1 saturated carbocycles. The molecule has 1 aromatic carbocycles. The third kappa shape index (κ3) is 3.41. The van der Waals surface area contributed by atoms with Gasteiger partial charge in [0.15, 0.2) is 0 Å². The fraction of sp³-hybridized carbons (Fsp3) is 0.647. The van der Waals surface area contributed by atoms with E-state index in [4.69, 9.17) is 11.6 Å². The van der Waals surface area contributed by atoms with Gasteiger partial charge in [0, 0.05) is 37.3 Å². The second-order valence-corrected chi connectivity index (χ2v) is 7.21. The van der Waals surface area contributed by atoms with E-state index in [1.165, 1.54) is 12.8 Å². The maximum Gasteiger partial charge on any atom is 0.146 e. The summed E-state index contributed by atoms with van der Waals surface area (Å²) in [5, 5.41) is 3.92. The van der Waals surface area contributed by atoms with Crippen LogP contribution >= 0.6 is 11.6 Å². The van der Waals surface area contributed by atoms with Crippen molar-refractivity contribution in [2.24, 2.45) is 11.8 Å². The predicted octanol–water partition coefficient (Wildman–Crippen LogP) is 3.69. The van der Waals surface area contributed by atoms with Crippen LogP contribution in [0.4, 0.5) is 4.39 Å². The summed E-state index contributed by atoms with van der Waals surface area (Å²) in [4.78, 5) is 2.44. The third-order valence-electron chi connectivity index (χ3n) is 4.85. The Bertz CT molecular complexity index is 502. The van der Waals surface area contributed by atoms with E-state index in [0.717, 1.165) is 19.0 Å². The minimum Gasteiger partial charge on any atom is -0.311 e. The highest BCUT2D eigenvalue weighted by Gasteiger charge is 2.38. The van der Waals surface area contributed by atoms with Crippen molar-refractivity contribution < 1.29 is 4.39 Å². The molecule has 21 heavy (non-hydrogen) atoms. The lowest BCUT2D eigenvalue weighted by Gasteiger charge is -2.42. The summed E-state index contributed by atoms with van der Waals surface area (Å²) in [6, 6.07) is 6.34. The van der Waals surface area contributed by atoms with Crippen molar-refractivity contribution in [3.8, 4) is 0 Å². The van der Waals surface area contributed by atoms with Crippen LogP contribution in [0.15, 0.2) is 18.2 Å². The van der Waals surface area contributed by atoms with Crippen molar-refractivity contribution >= 4 is 11.6 Å². The number of nitrogens with zero attached hydrogens (tertiary/aromatic N) is 1. The second kappa shape index (κ2) is 6.23. The van der Waals surface area contributed by atoms with E-state index in [0.29, 0.717) is 30.1 Å². The van der Waals surface area contributed by atoms with Gasteiger partial charge < -0.3 is 5.32 Å². The molecule has 3 rings (SSSR count). The van der Waals surface area contributed by atoms with Crippen molar-refractivity contribution in [2.75, 3.05) is 13.1 Å². The lowest BCUT2D eigenvalue weighted by Crippen LogP contribution is -2.58. The van der Waals surface area contributed by atoms with Gasteiger partial charge in [-0.15, -0.1) is 0 Å². The lowest BCUT2D eigenvalue weighted by atomic mass is 9.96. The van der Waals surface area contributed by atoms with Crippen LogP contribution in [0.1, 0.15) is 32.3 Å². The smallest absolute Gasteiger partial charge is 0.146 e. The molecule has 2 aliphatic rings. The second-order valence-electron chi connectivity index (χ2n) is 6.81. The molecule has 116 valence electrons. The Morgan fingerprint density at radius 2 is 2.14 bits per heavy atom. The van der Waals surface area contributed by atoms with Crippen LogP contribution in [0.3, 0.4) is 0 Å². The lowest BCUT2D eigenvalue weighted by molar-refractivity contribution is 0.0841. The van der Waals surface area contributed by atoms with Crippen LogP contribution in [0.25, 0.3) is 0 Å². The van der Waals surface area contributed by atoms with Crippen molar-refractivity contribution in [3.63, 3.8) is 0 Å². The molecule has 0 amide bonds. The fourth-order valence-electron chi connectivity index (χ4n) is 3.40. The molecule has 0 aromatic heterocycles. The Morgan fingerprint density at radius 1 is 1.38 bits per heavy atom. The number of rotatable bonds is 4. The number of hydrogen-bond acceptors (Lipinski definition) is 2. The molecule has 2 fully saturated rings. The standard InChI is InChI=1S/C17H24ClFN2/c1-11(2)16-8-20-15(12-6-7-12)10-21(16)9-13-4-3-5-14(18)17(13)19/h3-5,11-12,15-16,20H,6-10H2,1-2H3. The molecule has 2 atom stereocenters. The van der Waals surface area contributed by atoms with Gasteiger partial charge in [-0.25, -0.2) is 4.39 Å². The molecule has 4 heteroatoms. The van der Waals surface area contributed by atoms with E-state index in [1.807, 2.05) is 12.1 Å². The van der Waals surface area contributed by atoms with Gasteiger partial charge in [0.25, 0.3) is 0 Å². The minimum atomic E-state index is -0.261. The fourth-order valence-corrected chi connectivity index (χ4v) is 3.59. The zero-order valence-corrected chi connectivity index (χ0v) is 13.5. The molecule has 1 N–H and O–H groups in total. The molecule has 2 unspecified atom stereocenters. The van der Waals surface area contributed by atoms with Gasteiger partial charge in [0.2, 0.25) is 0 Å². The van der Waals surface area contributed by atoms with Crippen LogP contribution in [-0.2, 0) is 6.54 Å². The Hall–Kier alpha value is -0.640. The van der Waals surface area contributed by atoms with E-state index in [-0.39, 0.29) is 10.8 Å². The van der Waals surface area contributed by atoms with Crippen LogP contribution < -0.4 is 5.32 Å². The molecule has 0 radical (unpaired) electrons. The first kappa shape index (κ1) is 15.3. The first-order valence-electron chi connectivity index (χ1n) is 7.96. The normalized spacial score (nSPS) is 27.3. The molecular weight excluding hydrogens is 287 g/mol. The van der Waals surface area contributed by atoms with Crippen LogP contribution in [0, 0.1) is 17.7 Å². The van der Waals surface area contributed by atoms with Gasteiger partial charge in [0.1, 0.15) is 5.82 Å². The van der Waals surface area contributed by atoms with E-state index in [2.05, 4.69) is 24.1 Å². The van der Waals surface area contributed by atoms with Gasteiger partial charge in [-0.1, -0.05) is 37.6 Å². The average molecular weight is 311 g/mol. The van der Waals surface area contributed by atoms with Gasteiger partial charge >= 0.3 is 0 Å². The predicted molar refractivity (Wildman–Crippen MR) is 85.0 cm³/mol. The first-order chi connectivity index (χ1) is 10.1. The van der Waals surface area contributed by atoms with Gasteiger partial charge in [-0.2, -0.15) is 0 Å². The molecule has 1 saturated heterocycles. The number of halogens is 2. The molecule has 0 bridgehead atoms. The number of nitrogens with one attached hydrogen (secondary N) is 1. The molecule has 1 aliphatic carbocycles. The number of piperazine rings is 1. The topological polar surface area (TPSA) is 15.3 Å². The summed E-state index contributed by atoms with van der Waals surface area (Å²) in [6.45, 7) is 7.15.